The molecular weight excluding hydrogens is 279 g/mol. The molecule has 106 valence electrons. The van der Waals surface area contributed by atoms with Crippen LogP contribution in [0.1, 0.15) is 0 Å². The summed E-state index contributed by atoms with van der Waals surface area (Å²) in [7, 11) is 0. The zero-order chi connectivity index (χ0) is 15.0. The van der Waals surface area contributed by atoms with E-state index in [0.29, 0.717) is 0 Å². The third-order valence-electron chi connectivity index (χ3n) is 3.09. The Balaban J connectivity index is 2.25. The summed E-state index contributed by atoms with van der Waals surface area (Å²) in [5, 5.41) is 6.42. The van der Waals surface area contributed by atoms with Gasteiger partial charge in [-0.3, -0.25) is 5.10 Å². The van der Waals surface area contributed by atoms with Gasteiger partial charge in [-0.1, -0.05) is 12.1 Å². The monoisotopic (exact) mass is 289 g/mol. The lowest BCUT2D eigenvalue weighted by Gasteiger charge is -2.06. The summed E-state index contributed by atoms with van der Waals surface area (Å²) in [5.41, 5.74) is 6.70. The molecule has 1 heterocycles. The van der Waals surface area contributed by atoms with Crippen LogP contribution >= 0.6 is 0 Å². The summed E-state index contributed by atoms with van der Waals surface area (Å²) >= 11 is 0. The van der Waals surface area contributed by atoms with Crippen LogP contribution in [0.25, 0.3) is 22.4 Å². The first-order valence-corrected chi connectivity index (χ1v) is 6.11. The average Bonchev–Trinajstić information content (AvgIpc) is 2.80. The molecule has 0 atom stereocenters. The molecule has 0 fully saturated rings. The maximum Gasteiger partial charge on any atom is 0.153 e. The molecule has 0 aliphatic heterocycles. The minimum atomic E-state index is -0.745. The quantitative estimate of drug-likeness (QED) is 0.755. The molecule has 0 aliphatic carbocycles. The normalized spacial score (nSPS) is 10.8. The van der Waals surface area contributed by atoms with Crippen molar-refractivity contribution in [1.29, 1.82) is 0 Å². The van der Waals surface area contributed by atoms with Gasteiger partial charge in [-0.2, -0.15) is 5.10 Å². The second-order valence-electron chi connectivity index (χ2n) is 4.50. The van der Waals surface area contributed by atoms with Gasteiger partial charge in [-0.05, 0) is 29.8 Å². The Morgan fingerprint density at radius 2 is 1.62 bits per heavy atom. The highest BCUT2D eigenvalue weighted by Gasteiger charge is 2.18. The second-order valence-corrected chi connectivity index (χ2v) is 4.50. The van der Waals surface area contributed by atoms with Crippen molar-refractivity contribution in [3.63, 3.8) is 0 Å². The van der Waals surface area contributed by atoms with Gasteiger partial charge in [-0.15, -0.1) is 0 Å². The number of nitrogen functional groups attached to an aromatic ring is 1. The van der Waals surface area contributed by atoms with Crippen LogP contribution in [-0.2, 0) is 0 Å². The van der Waals surface area contributed by atoms with Gasteiger partial charge < -0.3 is 5.73 Å². The number of nitrogens with zero attached hydrogens (tertiary/aromatic N) is 1. The van der Waals surface area contributed by atoms with Crippen molar-refractivity contribution in [2.24, 2.45) is 0 Å². The molecule has 0 radical (unpaired) electrons. The van der Waals surface area contributed by atoms with E-state index in [1.165, 1.54) is 12.1 Å². The molecule has 0 spiro atoms. The highest BCUT2D eigenvalue weighted by molar-refractivity contribution is 5.87. The van der Waals surface area contributed by atoms with Gasteiger partial charge in [0.1, 0.15) is 17.5 Å². The molecule has 2 aromatic carbocycles. The molecule has 0 saturated heterocycles. The summed E-state index contributed by atoms with van der Waals surface area (Å²) in [6.45, 7) is 0. The molecule has 6 heteroatoms. The first kappa shape index (κ1) is 13.2. The highest BCUT2D eigenvalue weighted by atomic mass is 19.1. The number of rotatable bonds is 2. The van der Waals surface area contributed by atoms with Crippen molar-refractivity contribution in [3.05, 3.63) is 59.9 Å². The standard InChI is InChI=1S/C15H10F3N3/c16-9-5-8(6-10(17)7-9)13-14(20-21-15(13)19)11-3-1-2-4-12(11)18/h1-7H,(H3,19,20,21). The van der Waals surface area contributed by atoms with Crippen LogP contribution in [0.4, 0.5) is 19.0 Å². The van der Waals surface area contributed by atoms with Gasteiger partial charge in [0, 0.05) is 11.6 Å². The molecule has 0 amide bonds. The van der Waals surface area contributed by atoms with E-state index < -0.39 is 17.5 Å². The Morgan fingerprint density at radius 3 is 2.29 bits per heavy atom. The summed E-state index contributed by atoms with van der Waals surface area (Å²) in [6, 6.07) is 8.99. The first-order valence-electron chi connectivity index (χ1n) is 6.11. The lowest BCUT2D eigenvalue weighted by molar-refractivity contribution is 0.584. The van der Waals surface area contributed by atoms with Crippen molar-refractivity contribution in [2.75, 3.05) is 5.73 Å². The van der Waals surface area contributed by atoms with Crippen molar-refractivity contribution in [2.45, 2.75) is 0 Å². The van der Waals surface area contributed by atoms with Gasteiger partial charge >= 0.3 is 0 Å². The lowest BCUT2D eigenvalue weighted by atomic mass is 10.0. The predicted molar refractivity (Wildman–Crippen MR) is 73.7 cm³/mol. The van der Waals surface area contributed by atoms with E-state index in [0.717, 1.165) is 18.2 Å². The summed E-state index contributed by atoms with van der Waals surface area (Å²) in [5.74, 6) is -1.94. The van der Waals surface area contributed by atoms with Crippen LogP contribution in [0.2, 0.25) is 0 Å². The van der Waals surface area contributed by atoms with Gasteiger partial charge in [0.25, 0.3) is 0 Å². The summed E-state index contributed by atoms with van der Waals surface area (Å²) < 4.78 is 40.7. The zero-order valence-electron chi connectivity index (χ0n) is 10.7. The second kappa shape index (κ2) is 4.97. The van der Waals surface area contributed by atoms with Crippen LogP contribution < -0.4 is 5.73 Å². The molecule has 21 heavy (non-hydrogen) atoms. The molecular formula is C15H10F3N3. The van der Waals surface area contributed by atoms with Crippen molar-refractivity contribution >= 4 is 5.82 Å². The van der Waals surface area contributed by atoms with Gasteiger partial charge in [0.05, 0.1) is 11.3 Å². The Morgan fingerprint density at radius 1 is 0.952 bits per heavy atom. The van der Waals surface area contributed by atoms with E-state index in [-0.39, 0.29) is 28.2 Å². The van der Waals surface area contributed by atoms with Gasteiger partial charge in [0.2, 0.25) is 0 Å². The fourth-order valence-corrected chi connectivity index (χ4v) is 2.21. The molecule has 0 bridgehead atoms. The number of nitrogens with two attached hydrogens (primary N) is 1. The Labute approximate surface area is 118 Å². The fourth-order valence-electron chi connectivity index (χ4n) is 2.21. The number of hydrogen-bond donors (Lipinski definition) is 2. The van der Waals surface area contributed by atoms with Crippen LogP contribution in [0.3, 0.4) is 0 Å². The minimum absolute atomic E-state index is 0.0400. The molecule has 3 N–H and O–H groups in total. The number of aromatic amines is 1. The van der Waals surface area contributed by atoms with Crippen LogP contribution in [0.15, 0.2) is 42.5 Å². The highest BCUT2D eigenvalue weighted by Crippen LogP contribution is 2.36. The molecule has 3 nitrogen and oxygen atoms in total. The predicted octanol–water partition coefficient (Wildman–Crippen LogP) is 3.74. The Hall–Kier alpha value is -2.76. The van der Waals surface area contributed by atoms with Crippen molar-refractivity contribution in [1.82, 2.24) is 10.2 Å². The molecule has 3 aromatic rings. The maximum absolute atomic E-state index is 13.9. The number of H-pyrrole nitrogens is 1. The SMILES string of the molecule is Nc1n[nH]c(-c2ccccc2F)c1-c1cc(F)cc(F)c1. The largest absolute Gasteiger partial charge is 0.382 e. The van der Waals surface area contributed by atoms with Crippen LogP contribution in [0.5, 0.6) is 0 Å². The van der Waals surface area contributed by atoms with E-state index in [2.05, 4.69) is 10.2 Å². The number of benzene rings is 2. The summed E-state index contributed by atoms with van der Waals surface area (Å²) in [6.07, 6.45) is 0. The third kappa shape index (κ3) is 2.35. The maximum atomic E-state index is 13.9. The van der Waals surface area contributed by atoms with Gasteiger partial charge in [-0.25, -0.2) is 13.2 Å². The summed E-state index contributed by atoms with van der Waals surface area (Å²) in [4.78, 5) is 0. The van der Waals surface area contributed by atoms with E-state index in [1.54, 1.807) is 12.1 Å². The van der Waals surface area contributed by atoms with Crippen molar-refractivity contribution in [3.8, 4) is 22.4 Å². The molecule has 0 saturated carbocycles. The fraction of sp³-hybridized carbons (Fsp3) is 0. The minimum Gasteiger partial charge on any atom is -0.382 e. The Kier molecular flexibility index (Phi) is 3.13. The van der Waals surface area contributed by atoms with E-state index in [9.17, 15) is 13.2 Å². The first-order chi connectivity index (χ1) is 10.1. The van der Waals surface area contributed by atoms with E-state index in [1.807, 2.05) is 0 Å². The topological polar surface area (TPSA) is 54.7 Å². The van der Waals surface area contributed by atoms with E-state index >= 15 is 0 Å². The molecule has 3 rings (SSSR count). The number of anilines is 1. The number of hydrogen-bond acceptors (Lipinski definition) is 2. The lowest BCUT2D eigenvalue weighted by Crippen LogP contribution is -1.92. The number of nitrogens with one attached hydrogen (secondary N) is 1. The zero-order valence-corrected chi connectivity index (χ0v) is 10.7. The van der Waals surface area contributed by atoms with Gasteiger partial charge in [0.15, 0.2) is 5.82 Å². The molecule has 0 unspecified atom stereocenters. The van der Waals surface area contributed by atoms with Crippen molar-refractivity contribution < 1.29 is 13.2 Å². The van der Waals surface area contributed by atoms with E-state index in [4.69, 9.17) is 5.73 Å². The molecule has 0 aliphatic rings. The van der Waals surface area contributed by atoms with Crippen LogP contribution in [-0.4, -0.2) is 10.2 Å². The van der Waals surface area contributed by atoms with Crippen LogP contribution in [0, 0.1) is 17.5 Å². The Bertz CT molecular complexity index is 791. The molecule has 1 aromatic heterocycles. The number of halogens is 3. The smallest absolute Gasteiger partial charge is 0.153 e. The number of aromatic nitrogens is 2. The average molecular weight is 289 g/mol. The third-order valence-corrected chi connectivity index (χ3v) is 3.09.